The summed E-state index contributed by atoms with van der Waals surface area (Å²) in [7, 11) is 0. The number of piperazine rings is 1. The van der Waals surface area contributed by atoms with Crippen molar-refractivity contribution >= 4 is 37.1 Å². The lowest BCUT2D eigenvalue weighted by Gasteiger charge is -2.27. The molecule has 12 heavy (non-hydrogen) atoms. The van der Waals surface area contributed by atoms with Crippen LogP contribution in [0.3, 0.4) is 0 Å². The van der Waals surface area contributed by atoms with Crippen molar-refractivity contribution in [3.8, 4) is 0 Å². The van der Waals surface area contributed by atoms with Gasteiger partial charge in [-0.3, -0.25) is 9.59 Å². The van der Waals surface area contributed by atoms with Crippen molar-refractivity contribution in [1.29, 1.82) is 0 Å². The molecule has 1 rings (SSSR count). The summed E-state index contributed by atoms with van der Waals surface area (Å²) in [5, 5.41) is 5.08. The lowest BCUT2D eigenvalue weighted by atomic mass is 10.2. The van der Waals surface area contributed by atoms with E-state index in [1.165, 1.54) is 0 Å². The minimum Gasteiger partial charge on any atom is -0.342 e. The van der Waals surface area contributed by atoms with Gasteiger partial charge in [0.1, 0.15) is 12.1 Å². The average Bonchev–Trinajstić information content (AvgIpc) is 2.08. The molecule has 0 aromatic carbocycles. The van der Waals surface area contributed by atoms with Gasteiger partial charge in [-0.15, -0.1) is 0 Å². The van der Waals surface area contributed by atoms with Gasteiger partial charge >= 0.3 is 0 Å². The minimum absolute atomic E-state index is 0.191. The first-order chi connectivity index (χ1) is 5.69. The van der Waals surface area contributed by atoms with Crippen LogP contribution in [0.4, 0.5) is 0 Å². The Hall–Kier alpha value is -0.360. The van der Waals surface area contributed by atoms with E-state index >= 15 is 0 Å². The van der Waals surface area contributed by atoms with E-state index in [0.717, 1.165) is 0 Å². The van der Waals surface area contributed by atoms with Crippen molar-refractivity contribution in [2.45, 2.75) is 12.1 Å². The number of hydrogen-bond acceptors (Lipinski definition) is 4. The highest BCUT2D eigenvalue weighted by atomic mass is 32.1. The molecule has 0 saturated carbocycles. The van der Waals surface area contributed by atoms with Gasteiger partial charge < -0.3 is 10.6 Å². The number of carbonyl (C=O) groups excluding carboxylic acids is 2. The topological polar surface area (TPSA) is 58.2 Å². The van der Waals surface area contributed by atoms with Crippen LogP contribution in [-0.4, -0.2) is 35.4 Å². The average molecular weight is 206 g/mol. The molecule has 2 N–H and O–H groups in total. The van der Waals surface area contributed by atoms with Crippen LogP contribution in [0.5, 0.6) is 0 Å². The number of nitrogens with one attached hydrogen (secondary N) is 2. The summed E-state index contributed by atoms with van der Waals surface area (Å²) in [6.45, 7) is 0. The van der Waals surface area contributed by atoms with Crippen LogP contribution in [0.1, 0.15) is 0 Å². The molecule has 0 aromatic rings. The van der Waals surface area contributed by atoms with Crippen LogP contribution in [0.25, 0.3) is 0 Å². The molecular formula is C6H10N2O2S2. The zero-order valence-corrected chi connectivity index (χ0v) is 8.07. The van der Waals surface area contributed by atoms with E-state index in [1.807, 2.05) is 0 Å². The first-order valence-electron chi connectivity index (χ1n) is 3.51. The molecule has 4 nitrogen and oxygen atoms in total. The van der Waals surface area contributed by atoms with Crippen molar-refractivity contribution in [3.63, 3.8) is 0 Å². The molecule has 0 spiro atoms. The third-order valence-corrected chi connectivity index (χ3v) is 2.36. The molecule has 2 atom stereocenters. The molecule has 1 unspecified atom stereocenters. The smallest absolute Gasteiger partial charge is 0.244 e. The Kier molecular flexibility index (Phi) is 3.28. The summed E-state index contributed by atoms with van der Waals surface area (Å²) in [6.07, 6.45) is 0. The quantitative estimate of drug-likeness (QED) is 0.430. The van der Waals surface area contributed by atoms with E-state index in [2.05, 4.69) is 35.9 Å². The molecular weight excluding hydrogens is 196 g/mol. The van der Waals surface area contributed by atoms with E-state index in [4.69, 9.17) is 0 Å². The maximum absolute atomic E-state index is 11.1. The van der Waals surface area contributed by atoms with Gasteiger partial charge in [0.05, 0.1) is 0 Å². The van der Waals surface area contributed by atoms with Gasteiger partial charge in [0.25, 0.3) is 0 Å². The number of rotatable bonds is 2. The molecule has 0 radical (unpaired) electrons. The van der Waals surface area contributed by atoms with Crippen molar-refractivity contribution < 1.29 is 9.59 Å². The van der Waals surface area contributed by atoms with Crippen LogP contribution >= 0.6 is 25.3 Å². The summed E-state index contributed by atoms with van der Waals surface area (Å²) in [6, 6.07) is -1.01. The number of hydrogen-bond donors (Lipinski definition) is 4. The van der Waals surface area contributed by atoms with Crippen molar-refractivity contribution in [3.05, 3.63) is 0 Å². The third kappa shape index (κ3) is 1.87. The molecule has 1 saturated heterocycles. The largest absolute Gasteiger partial charge is 0.342 e. The maximum atomic E-state index is 11.1. The van der Waals surface area contributed by atoms with Gasteiger partial charge in [0.2, 0.25) is 11.8 Å². The second kappa shape index (κ2) is 4.04. The SMILES string of the molecule is O=C1N[C@@H](CS)C(=O)NC1CS. The Morgan fingerprint density at radius 2 is 1.33 bits per heavy atom. The fourth-order valence-electron chi connectivity index (χ4n) is 0.933. The van der Waals surface area contributed by atoms with E-state index in [-0.39, 0.29) is 11.8 Å². The van der Waals surface area contributed by atoms with Crippen LogP contribution in [-0.2, 0) is 9.59 Å². The second-order valence-corrected chi connectivity index (χ2v) is 3.22. The Bertz CT molecular complexity index is 188. The second-order valence-electron chi connectivity index (χ2n) is 2.49. The molecule has 1 aliphatic rings. The Labute approximate surface area is 81.3 Å². The third-order valence-electron chi connectivity index (χ3n) is 1.63. The highest BCUT2D eigenvalue weighted by Gasteiger charge is 2.31. The molecule has 1 fully saturated rings. The Morgan fingerprint density at radius 1 is 1.00 bits per heavy atom. The lowest BCUT2D eigenvalue weighted by Crippen LogP contribution is -2.62. The Balaban J connectivity index is 2.61. The highest BCUT2D eigenvalue weighted by Crippen LogP contribution is 2.00. The molecule has 1 heterocycles. The zero-order chi connectivity index (χ0) is 9.14. The van der Waals surface area contributed by atoms with Crippen molar-refractivity contribution in [2.24, 2.45) is 0 Å². The fourth-order valence-corrected chi connectivity index (χ4v) is 1.45. The zero-order valence-electron chi connectivity index (χ0n) is 6.28. The number of amides is 2. The first kappa shape index (κ1) is 9.73. The number of thiol groups is 2. The van der Waals surface area contributed by atoms with Crippen LogP contribution in [0.15, 0.2) is 0 Å². The van der Waals surface area contributed by atoms with E-state index in [1.54, 1.807) is 0 Å². The minimum atomic E-state index is -0.503. The van der Waals surface area contributed by atoms with Gasteiger partial charge in [0.15, 0.2) is 0 Å². The van der Waals surface area contributed by atoms with E-state index < -0.39 is 12.1 Å². The summed E-state index contributed by atoms with van der Waals surface area (Å²) in [4.78, 5) is 22.3. The van der Waals surface area contributed by atoms with Gasteiger partial charge in [-0.25, -0.2) is 0 Å². The normalized spacial score (nSPS) is 29.5. The molecule has 2 amide bonds. The fraction of sp³-hybridized carbons (Fsp3) is 0.667. The van der Waals surface area contributed by atoms with Gasteiger partial charge in [-0.2, -0.15) is 25.3 Å². The van der Waals surface area contributed by atoms with Crippen molar-refractivity contribution in [2.75, 3.05) is 11.5 Å². The molecule has 68 valence electrons. The van der Waals surface area contributed by atoms with Crippen molar-refractivity contribution in [1.82, 2.24) is 10.6 Å². The first-order valence-corrected chi connectivity index (χ1v) is 4.78. The summed E-state index contributed by atoms with van der Waals surface area (Å²) in [5.41, 5.74) is 0. The highest BCUT2D eigenvalue weighted by molar-refractivity contribution is 7.80. The van der Waals surface area contributed by atoms with E-state index in [0.29, 0.717) is 11.5 Å². The molecule has 0 aromatic heterocycles. The summed E-state index contributed by atoms with van der Waals surface area (Å²) in [5.74, 6) is 0.251. The standard InChI is InChI=1S/C6H10N2O2S2/c9-5-3(1-11)7-6(10)4(2-12)8-5/h3-4,11-12H,1-2H2,(H,7,10)(H,8,9)/t3-,4?/m0/s1. The lowest BCUT2D eigenvalue weighted by molar-refractivity contribution is -0.135. The predicted molar refractivity (Wildman–Crippen MR) is 51.6 cm³/mol. The molecule has 0 aliphatic carbocycles. The Morgan fingerprint density at radius 3 is 1.58 bits per heavy atom. The predicted octanol–water partition coefficient (Wildman–Crippen LogP) is -1.17. The molecule has 1 aliphatic heterocycles. The molecule has 6 heteroatoms. The monoisotopic (exact) mass is 206 g/mol. The maximum Gasteiger partial charge on any atom is 0.244 e. The van der Waals surface area contributed by atoms with Crippen LogP contribution < -0.4 is 10.6 Å². The summed E-state index contributed by atoms with van der Waals surface area (Å²) < 4.78 is 0. The van der Waals surface area contributed by atoms with Crippen LogP contribution in [0.2, 0.25) is 0 Å². The number of carbonyl (C=O) groups is 2. The van der Waals surface area contributed by atoms with Gasteiger partial charge in [0, 0.05) is 11.5 Å². The van der Waals surface area contributed by atoms with Crippen LogP contribution in [0, 0.1) is 0 Å². The van der Waals surface area contributed by atoms with Gasteiger partial charge in [-0.1, -0.05) is 0 Å². The van der Waals surface area contributed by atoms with E-state index in [9.17, 15) is 9.59 Å². The molecule has 0 bridgehead atoms. The summed E-state index contributed by atoms with van der Waals surface area (Å²) >= 11 is 7.86. The van der Waals surface area contributed by atoms with Gasteiger partial charge in [-0.05, 0) is 0 Å².